The maximum atomic E-state index is 13.0. The SMILES string of the molecule is CCCCCCCCCCCCS[C@@H](CS(=O)(=O)c1ccc(Cl)cc1)c1ccccc1. The highest BCUT2D eigenvalue weighted by atomic mass is 35.5. The fourth-order valence-corrected chi connectivity index (χ4v) is 7.05. The van der Waals surface area contributed by atoms with E-state index in [0.717, 1.165) is 17.7 Å². The summed E-state index contributed by atoms with van der Waals surface area (Å²) < 4.78 is 25.9. The minimum absolute atomic E-state index is 0.0551. The molecule has 2 nitrogen and oxygen atoms in total. The van der Waals surface area contributed by atoms with Crippen LogP contribution >= 0.6 is 23.4 Å². The number of hydrogen-bond donors (Lipinski definition) is 0. The van der Waals surface area contributed by atoms with Gasteiger partial charge in [0.25, 0.3) is 0 Å². The zero-order valence-corrected chi connectivity index (χ0v) is 21.2. The second-order valence-electron chi connectivity index (χ2n) is 8.19. The zero-order chi connectivity index (χ0) is 22.4. The molecule has 0 amide bonds. The van der Waals surface area contributed by atoms with Crippen molar-refractivity contribution >= 4 is 33.2 Å². The third-order valence-electron chi connectivity index (χ3n) is 5.53. The smallest absolute Gasteiger partial charge is 0.179 e. The number of rotatable bonds is 16. The average Bonchev–Trinajstić information content (AvgIpc) is 2.77. The lowest BCUT2D eigenvalue weighted by Gasteiger charge is -2.17. The lowest BCUT2D eigenvalue weighted by molar-refractivity contribution is 0.563. The molecule has 0 radical (unpaired) electrons. The van der Waals surface area contributed by atoms with E-state index >= 15 is 0 Å². The fourth-order valence-electron chi connectivity index (χ4n) is 3.66. The van der Waals surface area contributed by atoms with Crippen LogP contribution in [-0.4, -0.2) is 19.9 Å². The van der Waals surface area contributed by atoms with Crippen molar-refractivity contribution in [3.05, 3.63) is 65.2 Å². The van der Waals surface area contributed by atoms with Crippen LogP contribution in [0, 0.1) is 0 Å². The van der Waals surface area contributed by atoms with Crippen LogP contribution in [0.2, 0.25) is 5.02 Å². The van der Waals surface area contributed by atoms with Gasteiger partial charge in [-0.1, -0.05) is 107 Å². The molecular formula is C26H37ClO2S2. The van der Waals surface area contributed by atoms with Crippen LogP contribution in [0.5, 0.6) is 0 Å². The molecule has 0 aliphatic carbocycles. The summed E-state index contributed by atoms with van der Waals surface area (Å²) in [6.45, 7) is 2.26. The maximum absolute atomic E-state index is 13.0. The summed E-state index contributed by atoms with van der Waals surface area (Å²) in [5.41, 5.74) is 1.08. The molecule has 0 aliphatic rings. The summed E-state index contributed by atoms with van der Waals surface area (Å²) in [6, 6.07) is 16.5. The predicted octanol–water partition coefficient (Wildman–Crippen LogP) is 8.51. The Balaban J connectivity index is 1.79. The second-order valence-corrected chi connectivity index (χ2v) is 12.0. The van der Waals surface area contributed by atoms with Crippen molar-refractivity contribution in [1.29, 1.82) is 0 Å². The van der Waals surface area contributed by atoms with Crippen molar-refractivity contribution in [3.63, 3.8) is 0 Å². The summed E-state index contributed by atoms with van der Waals surface area (Å²) in [5.74, 6) is 1.10. The van der Waals surface area contributed by atoms with Crippen molar-refractivity contribution in [2.24, 2.45) is 0 Å². The molecule has 0 aromatic heterocycles. The van der Waals surface area contributed by atoms with E-state index in [-0.39, 0.29) is 11.0 Å². The van der Waals surface area contributed by atoms with Gasteiger partial charge in [0.1, 0.15) is 0 Å². The summed E-state index contributed by atoms with van der Waals surface area (Å²) >= 11 is 7.69. The highest BCUT2D eigenvalue weighted by Crippen LogP contribution is 2.33. The van der Waals surface area contributed by atoms with E-state index in [2.05, 4.69) is 6.92 Å². The van der Waals surface area contributed by atoms with Crippen LogP contribution in [0.15, 0.2) is 59.5 Å². The van der Waals surface area contributed by atoms with Gasteiger partial charge in [0.15, 0.2) is 9.84 Å². The summed E-state index contributed by atoms with van der Waals surface area (Å²) in [7, 11) is -3.37. The van der Waals surface area contributed by atoms with Gasteiger partial charge in [-0.05, 0) is 42.0 Å². The topological polar surface area (TPSA) is 34.1 Å². The minimum Gasteiger partial charge on any atom is -0.224 e. The van der Waals surface area contributed by atoms with Gasteiger partial charge >= 0.3 is 0 Å². The Hall–Kier alpha value is -0.970. The molecule has 5 heteroatoms. The molecule has 0 aliphatic heterocycles. The Morgan fingerprint density at radius 3 is 1.90 bits per heavy atom. The molecule has 0 saturated carbocycles. The lowest BCUT2D eigenvalue weighted by Crippen LogP contribution is -2.13. The average molecular weight is 481 g/mol. The van der Waals surface area contributed by atoms with Crippen molar-refractivity contribution in [3.8, 4) is 0 Å². The molecule has 1 atom stereocenters. The first kappa shape index (κ1) is 26.3. The highest BCUT2D eigenvalue weighted by Gasteiger charge is 2.23. The molecule has 0 bridgehead atoms. The Kier molecular flexibility index (Phi) is 12.7. The monoisotopic (exact) mass is 480 g/mol. The molecular weight excluding hydrogens is 444 g/mol. The molecule has 2 rings (SSSR count). The van der Waals surface area contributed by atoms with Crippen molar-refractivity contribution in [2.45, 2.75) is 81.3 Å². The minimum atomic E-state index is -3.37. The Morgan fingerprint density at radius 2 is 1.32 bits per heavy atom. The summed E-state index contributed by atoms with van der Waals surface area (Å²) in [4.78, 5) is 0.345. The van der Waals surface area contributed by atoms with E-state index in [4.69, 9.17) is 11.6 Å². The number of halogens is 1. The van der Waals surface area contributed by atoms with Gasteiger partial charge < -0.3 is 0 Å². The second kappa shape index (κ2) is 15.0. The first-order chi connectivity index (χ1) is 15.0. The van der Waals surface area contributed by atoms with Crippen LogP contribution in [0.3, 0.4) is 0 Å². The number of sulfone groups is 1. The third kappa shape index (κ3) is 10.5. The Morgan fingerprint density at radius 1 is 0.774 bits per heavy atom. The van der Waals surface area contributed by atoms with E-state index in [1.54, 1.807) is 36.0 Å². The predicted molar refractivity (Wildman–Crippen MR) is 137 cm³/mol. The largest absolute Gasteiger partial charge is 0.224 e. The number of benzene rings is 2. The van der Waals surface area contributed by atoms with Crippen molar-refractivity contribution in [2.75, 3.05) is 11.5 Å². The van der Waals surface area contributed by atoms with Crippen LogP contribution in [0.4, 0.5) is 0 Å². The Bertz CT molecular complexity index is 820. The number of thioether (sulfide) groups is 1. The van der Waals surface area contributed by atoms with E-state index in [9.17, 15) is 8.42 Å². The van der Waals surface area contributed by atoms with Gasteiger partial charge in [-0.3, -0.25) is 0 Å². The van der Waals surface area contributed by atoms with Crippen molar-refractivity contribution < 1.29 is 8.42 Å². The first-order valence-electron chi connectivity index (χ1n) is 11.7. The van der Waals surface area contributed by atoms with Crippen molar-refractivity contribution in [1.82, 2.24) is 0 Å². The quantitative estimate of drug-likeness (QED) is 0.226. The van der Waals surface area contributed by atoms with Gasteiger partial charge in [0.2, 0.25) is 0 Å². The van der Waals surface area contributed by atoms with E-state index in [0.29, 0.717) is 9.92 Å². The molecule has 0 fully saturated rings. The summed E-state index contributed by atoms with van der Waals surface area (Å²) in [6.07, 6.45) is 13.1. The van der Waals surface area contributed by atoms with E-state index in [1.807, 2.05) is 30.3 Å². The fraction of sp³-hybridized carbons (Fsp3) is 0.538. The third-order valence-corrected chi connectivity index (χ3v) is 9.12. The lowest BCUT2D eigenvalue weighted by atomic mass is 10.1. The molecule has 2 aromatic rings. The van der Waals surface area contributed by atoms with Gasteiger partial charge in [0, 0.05) is 10.3 Å². The van der Waals surface area contributed by atoms with Crippen LogP contribution < -0.4 is 0 Å². The molecule has 2 aromatic carbocycles. The standard InChI is InChI=1S/C26H37ClO2S2/c1-2-3-4-5-6-7-8-9-10-14-21-30-26(23-15-12-11-13-16-23)22-31(28,29)25-19-17-24(27)18-20-25/h11-13,15-20,26H,2-10,14,21-22H2,1H3/t26-/m0/s1. The molecule has 0 N–H and O–H groups in total. The Labute approximate surface area is 199 Å². The van der Waals surface area contributed by atoms with E-state index < -0.39 is 9.84 Å². The maximum Gasteiger partial charge on any atom is 0.179 e. The highest BCUT2D eigenvalue weighted by molar-refractivity contribution is 8.01. The number of unbranched alkanes of at least 4 members (excludes halogenated alkanes) is 9. The first-order valence-corrected chi connectivity index (χ1v) is 14.8. The van der Waals surface area contributed by atoms with E-state index in [1.165, 1.54) is 57.8 Å². The van der Waals surface area contributed by atoms with Gasteiger partial charge in [-0.15, -0.1) is 0 Å². The molecule has 172 valence electrons. The molecule has 31 heavy (non-hydrogen) atoms. The molecule has 0 spiro atoms. The number of hydrogen-bond acceptors (Lipinski definition) is 3. The molecule has 0 unspecified atom stereocenters. The van der Waals surface area contributed by atoms with Crippen LogP contribution in [0.25, 0.3) is 0 Å². The molecule has 0 saturated heterocycles. The molecule has 0 heterocycles. The zero-order valence-electron chi connectivity index (χ0n) is 18.8. The van der Waals surface area contributed by atoms with Gasteiger partial charge in [0.05, 0.1) is 10.6 Å². The van der Waals surface area contributed by atoms with Crippen LogP contribution in [0.1, 0.15) is 81.9 Å². The van der Waals surface area contributed by atoms with Gasteiger partial charge in [-0.25, -0.2) is 8.42 Å². The summed E-state index contributed by atoms with van der Waals surface area (Å²) in [5, 5.41) is 0.495. The normalized spacial score (nSPS) is 12.7. The van der Waals surface area contributed by atoms with Gasteiger partial charge in [-0.2, -0.15) is 11.8 Å². The van der Waals surface area contributed by atoms with Crippen LogP contribution in [-0.2, 0) is 9.84 Å².